The van der Waals surface area contributed by atoms with Crippen LogP contribution in [0.15, 0.2) is 16.6 Å². The van der Waals surface area contributed by atoms with E-state index in [2.05, 4.69) is 15.9 Å². The summed E-state index contributed by atoms with van der Waals surface area (Å²) in [6, 6.07) is 1.79. The van der Waals surface area contributed by atoms with Gasteiger partial charge in [-0.2, -0.15) is 13.2 Å². The molecular weight excluding hydrogens is 299 g/mol. The molecule has 0 spiro atoms. The average Bonchev–Trinajstić information content (AvgIpc) is 2.09. The Balaban J connectivity index is 3.08. The summed E-state index contributed by atoms with van der Waals surface area (Å²) < 4.78 is 62.0. The molecule has 1 atom stereocenters. The lowest BCUT2D eigenvalue weighted by Crippen LogP contribution is -2.15. The Morgan fingerprint density at radius 1 is 1.25 bits per heavy atom. The van der Waals surface area contributed by atoms with Gasteiger partial charge in [0.1, 0.15) is 11.6 Å². The number of aliphatic hydroxyl groups is 1. The molecule has 7 heteroatoms. The van der Waals surface area contributed by atoms with Gasteiger partial charge in [-0.05, 0) is 28.1 Å². The van der Waals surface area contributed by atoms with Gasteiger partial charge in [0.15, 0.2) is 0 Å². The lowest BCUT2D eigenvalue weighted by Gasteiger charge is -2.15. The van der Waals surface area contributed by atoms with Crippen LogP contribution in [0, 0.1) is 11.6 Å². The van der Waals surface area contributed by atoms with Crippen LogP contribution in [0.5, 0.6) is 0 Å². The number of hydrogen-bond donors (Lipinski definition) is 1. The van der Waals surface area contributed by atoms with E-state index in [0.717, 1.165) is 12.1 Å². The van der Waals surface area contributed by atoms with E-state index >= 15 is 0 Å². The molecule has 16 heavy (non-hydrogen) atoms. The van der Waals surface area contributed by atoms with E-state index in [1.54, 1.807) is 0 Å². The van der Waals surface area contributed by atoms with Gasteiger partial charge in [-0.15, -0.1) is 0 Å². The Bertz CT molecular complexity index is 390. The molecule has 0 saturated carbocycles. The molecule has 1 aromatic rings. The van der Waals surface area contributed by atoms with Crippen molar-refractivity contribution in [3.8, 4) is 0 Å². The molecule has 1 unspecified atom stereocenters. The van der Waals surface area contributed by atoms with Crippen LogP contribution >= 0.6 is 15.9 Å². The summed E-state index contributed by atoms with van der Waals surface area (Å²) in [6.45, 7) is 0. The molecule has 0 radical (unpaired) electrons. The molecule has 0 aliphatic rings. The molecule has 0 bridgehead atoms. The number of alkyl halides is 3. The summed E-state index contributed by atoms with van der Waals surface area (Å²) in [5.74, 6) is -2.44. The van der Waals surface area contributed by atoms with Crippen LogP contribution in [0.4, 0.5) is 22.0 Å². The van der Waals surface area contributed by atoms with Crippen molar-refractivity contribution in [2.24, 2.45) is 0 Å². The van der Waals surface area contributed by atoms with E-state index in [0.29, 0.717) is 0 Å². The number of benzene rings is 1. The second kappa shape index (κ2) is 4.67. The fourth-order valence-corrected chi connectivity index (χ4v) is 1.52. The lowest BCUT2D eigenvalue weighted by atomic mass is 10.1. The maximum Gasteiger partial charge on any atom is 0.391 e. The SMILES string of the molecule is OC(CC(F)(F)F)c1c(F)ccc(Br)c1F. The molecule has 0 aromatic heterocycles. The van der Waals surface area contributed by atoms with Crippen molar-refractivity contribution in [3.05, 3.63) is 33.8 Å². The predicted octanol–water partition coefficient (Wildman–Crippen LogP) is 3.71. The summed E-state index contributed by atoms with van der Waals surface area (Å²) in [5, 5.41) is 9.12. The summed E-state index contributed by atoms with van der Waals surface area (Å²) in [6.07, 6.45) is -8.64. The maximum atomic E-state index is 13.3. The molecule has 0 amide bonds. The quantitative estimate of drug-likeness (QED) is 0.652. The van der Waals surface area contributed by atoms with Crippen molar-refractivity contribution in [1.82, 2.24) is 0 Å². The number of aliphatic hydroxyl groups excluding tert-OH is 1. The summed E-state index contributed by atoms with van der Waals surface area (Å²) in [5.41, 5.74) is -0.980. The topological polar surface area (TPSA) is 20.2 Å². The molecule has 0 aliphatic carbocycles. The number of halogens is 6. The minimum atomic E-state index is -4.69. The second-order valence-electron chi connectivity index (χ2n) is 3.09. The molecule has 1 N–H and O–H groups in total. The fourth-order valence-electron chi connectivity index (χ4n) is 1.17. The van der Waals surface area contributed by atoms with Crippen LogP contribution in [0.1, 0.15) is 18.1 Å². The maximum absolute atomic E-state index is 13.3. The van der Waals surface area contributed by atoms with Crippen LogP contribution in [0.25, 0.3) is 0 Å². The zero-order valence-electron chi connectivity index (χ0n) is 7.65. The molecule has 1 rings (SSSR count). The first-order chi connectivity index (χ1) is 7.22. The molecular formula is C9H6BrF5O. The van der Waals surface area contributed by atoms with Crippen molar-refractivity contribution in [3.63, 3.8) is 0 Å². The van der Waals surface area contributed by atoms with Crippen molar-refractivity contribution in [1.29, 1.82) is 0 Å². The van der Waals surface area contributed by atoms with Crippen LogP contribution in [0.2, 0.25) is 0 Å². The largest absolute Gasteiger partial charge is 0.391 e. The molecule has 0 heterocycles. The van der Waals surface area contributed by atoms with E-state index < -0.39 is 35.9 Å². The Labute approximate surface area is 96.0 Å². The highest BCUT2D eigenvalue weighted by atomic mass is 79.9. The average molecular weight is 305 g/mol. The van der Waals surface area contributed by atoms with Crippen molar-refractivity contribution in [2.75, 3.05) is 0 Å². The zero-order chi connectivity index (χ0) is 12.5. The van der Waals surface area contributed by atoms with Gasteiger partial charge in [0, 0.05) is 0 Å². The molecule has 1 nitrogen and oxygen atoms in total. The highest BCUT2D eigenvalue weighted by molar-refractivity contribution is 9.10. The Hall–Kier alpha value is -0.690. The van der Waals surface area contributed by atoms with Crippen LogP contribution in [0.3, 0.4) is 0 Å². The summed E-state index contributed by atoms with van der Waals surface area (Å²) in [4.78, 5) is 0. The molecule has 0 saturated heterocycles. The first kappa shape index (κ1) is 13.4. The van der Waals surface area contributed by atoms with E-state index in [1.807, 2.05) is 0 Å². The van der Waals surface area contributed by atoms with Crippen LogP contribution in [-0.4, -0.2) is 11.3 Å². The molecule has 90 valence electrons. The van der Waals surface area contributed by atoms with E-state index in [9.17, 15) is 22.0 Å². The van der Waals surface area contributed by atoms with Gasteiger partial charge in [-0.1, -0.05) is 0 Å². The number of rotatable bonds is 2. The fraction of sp³-hybridized carbons (Fsp3) is 0.333. The first-order valence-electron chi connectivity index (χ1n) is 4.10. The van der Waals surface area contributed by atoms with Crippen molar-refractivity contribution < 1.29 is 27.1 Å². The Morgan fingerprint density at radius 2 is 1.81 bits per heavy atom. The van der Waals surface area contributed by atoms with Crippen molar-refractivity contribution >= 4 is 15.9 Å². The minimum absolute atomic E-state index is 0.204. The lowest BCUT2D eigenvalue weighted by molar-refractivity contribution is -0.154. The standard InChI is InChI=1S/C9H6BrF5O/c10-4-1-2-5(11)7(8(4)12)6(16)3-9(13,14)15/h1-2,6,16H,3H2. The van der Waals surface area contributed by atoms with Crippen molar-refractivity contribution in [2.45, 2.75) is 18.7 Å². The molecule has 0 fully saturated rings. The van der Waals surface area contributed by atoms with Gasteiger partial charge in [-0.25, -0.2) is 8.78 Å². The van der Waals surface area contributed by atoms with Gasteiger partial charge in [0.2, 0.25) is 0 Å². The van der Waals surface area contributed by atoms with Gasteiger partial charge in [0.05, 0.1) is 22.6 Å². The first-order valence-corrected chi connectivity index (χ1v) is 4.90. The highest BCUT2D eigenvalue weighted by Crippen LogP contribution is 2.33. The third-order valence-corrected chi connectivity index (χ3v) is 2.45. The van der Waals surface area contributed by atoms with E-state index in [-0.39, 0.29) is 4.47 Å². The predicted molar refractivity (Wildman–Crippen MR) is 49.7 cm³/mol. The summed E-state index contributed by atoms with van der Waals surface area (Å²) >= 11 is 2.69. The zero-order valence-corrected chi connectivity index (χ0v) is 9.24. The third kappa shape index (κ3) is 3.15. The number of hydrogen-bond acceptors (Lipinski definition) is 1. The van der Waals surface area contributed by atoms with Gasteiger partial charge >= 0.3 is 6.18 Å². The van der Waals surface area contributed by atoms with Crippen LogP contribution in [-0.2, 0) is 0 Å². The van der Waals surface area contributed by atoms with Gasteiger partial charge < -0.3 is 5.11 Å². The van der Waals surface area contributed by atoms with Gasteiger partial charge in [-0.3, -0.25) is 0 Å². The molecule has 1 aromatic carbocycles. The van der Waals surface area contributed by atoms with E-state index in [4.69, 9.17) is 5.11 Å². The summed E-state index contributed by atoms with van der Waals surface area (Å²) in [7, 11) is 0. The minimum Gasteiger partial charge on any atom is -0.388 e. The monoisotopic (exact) mass is 304 g/mol. The van der Waals surface area contributed by atoms with Gasteiger partial charge in [0.25, 0.3) is 0 Å². The third-order valence-electron chi connectivity index (χ3n) is 1.84. The Kier molecular flexibility index (Phi) is 3.90. The van der Waals surface area contributed by atoms with E-state index in [1.165, 1.54) is 0 Å². The highest BCUT2D eigenvalue weighted by Gasteiger charge is 2.34. The van der Waals surface area contributed by atoms with Crippen LogP contribution < -0.4 is 0 Å². The Morgan fingerprint density at radius 3 is 2.31 bits per heavy atom. The normalized spacial score (nSPS) is 13.9. The molecule has 0 aliphatic heterocycles. The second-order valence-corrected chi connectivity index (χ2v) is 3.95. The smallest absolute Gasteiger partial charge is 0.388 e.